The number of aryl methyl sites for hydroxylation is 1. The molecule has 0 saturated heterocycles. The number of carbonyl (C=O) groups excluding carboxylic acids is 2. The topological polar surface area (TPSA) is 72.8 Å². The van der Waals surface area contributed by atoms with Crippen molar-refractivity contribution in [2.75, 3.05) is 19.8 Å². The third-order valence-electron chi connectivity index (χ3n) is 7.80. The average Bonchev–Trinajstić information content (AvgIpc) is 2.92. The average molecular weight is 509 g/mol. The van der Waals surface area contributed by atoms with Gasteiger partial charge in [0.2, 0.25) is 0 Å². The second kappa shape index (κ2) is 14.3. The Morgan fingerprint density at radius 3 is 2.35 bits per heavy atom. The monoisotopic (exact) mass is 508 g/mol. The predicted molar refractivity (Wildman–Crippen MR) is 148 cm³/mol. The summed E-state index contributed by atoms with van der Waals surface area (Å²) in [5.74, 6) is -0.662. The third-order valence-corrected chi connectivity index (χ3v) is 7.80. The molecule has 2 unspecified atom stereocenters. The van der Waals surface area contributed by atoms with Crippen molar-refractivity contribution >= 4 is 22.7 Å². The van der Waals surface area contributed by atoms with E-state index in [2.05, 4.69) is 49.9 Å². The van der Waals surface area contributed by atoms with Gasteiger partial charge >= 0.3 is 11.9 Å². The Morgan fingerprint density at radius 2 is 1.68 bits per heavy atom. The van der Waals surface area contributed by atoms with E-state index in [0.717, 1.165) is 32.1 Å². The lowest BCUT2D eigenvalue weighted by Crippen LogP contribution is -2.31. The minimum absolute atomic E-state index is 0.0678. The van der Waals surface area contributed by atoms with Crippen LogP contribution in [-0.2, 0) is 25.5 Å². The zero-order chi connectivity index (χ0) is 26.8. The van der Waals surface area contributed by atoms with E-state index in [0.29, 0.717) is 17.4 Å². The second-order valence-electron chi connectivity index (χ2n) is 10.9. The SMILES string of the molecule is C=C(C)C(=O)OCC(COC(=O)C(C)CO)C1CCC(c2ccc3cc(CCCCC)ccc3c2)CC1. The molecule has 2 aromatic carbocycles. The molecule has 0 amide bonds. The summed E-state index contributed by atoms with van der Waals surface area (Å²) in [7, 11) is 0. The van der Waals surface area contributed by atoms with E-state index in [1.807, 2.05) is 0 Å². The van der Waals surface area contributed by atoms with E-state index in [-0.39, 0.29) is 25.7 Å². The van der Waals surface area contributed by atoms with Crippen molar-refractivity contribution in [3.05, 3.63) is 59.7 Å². The van der Waals surface area contributed by atoms with Gasteiger partial charge in [-0.15, -0.1) is 0 Å². The van der Waals surface area contributed by atoms with Gasteiger partial charge in [-0.05, 0) is 86.1 Å². The molecule has 2 aromatic rings. The Morgan fingerprint density at radius 1 is 1.00 bits per heavy atom. The van der Waals surface area contributed by atoms with Crippen molar-refractivity contribution in [3.63, 3.8) is 0 Å². The molecule has 5 nitrogen and oxygen atoms in total. The number of aliphatic hydroxyl groups excluding tert-OH is 1. The maximum atomic E-state index is 12.1. The van der Waals surface area contributed by atoms with Crippen LogP contribution in [-0.4, -0.2) is 36.9 Å². The summed E-state index contributed by atoms with van der Waals surface area (Å²) in [4.78, 5) is 24.1. The van der Waals surface area contributed by atoms with Crippen LogP contribution in [0.5, 0.6) is 0 Å². The molecule has 202 valence electrons. The van der Waals surface area contributed by atoms with Crippen LogP contribution >= 0.6 is 0 Å². The quantitative estimate of drug-likeness (QED) is 0.184. The molecule has 0 bridgehead atoms. The first-order valence-electron chi connectivity index (χ1n) is 13.9. The van der Waals surface area contributed by atoms with Crippen LogP contribution in [0.4, 0.5) is 0 Å². The highest BCUT2D eigenvalue weighted by atomic mass is 16.5. The summed E-state index contributed by atoms with van der Waals surface area (Å²) in [6.45, 7) is 9.31. The van der Waals surface area contributed by atoms with Gasteiger partial charge in [0.25, 0.3) is 0 Å². The molecule has 3 rings (SSSR count). The first-order chi connectivity index (χ1) is 17.8. The molecule has 0 aromatic heterocycles. The Balaban J connectivity index is 1.61. The fourth-order valence-electron chi connectivity index (χ4n) is 5.26. The van der Waals surface area contributed by atoms with Gasteiger partial charge in [-0.25, -0.2) is 4.79 Å². The lowest BCUT2D eigenvalue weighted by molar-refractivity contribution is -0.153. The number of ether oxygens (including phenoxy) is 2. The zero-order valence-corrected chi connectivity index (χ0v) is 22.8. The van der Waals surface area contributed by atoms with Gasteiger partial charge in [-0.2, -0.15) is 0 Å². The Kier molecular flexibility index (Phi) is 11.2. The highest BCUT2D eigenvalue weighted by Gasteiger charge is 2.31. The summed E-state index contributed by atoms with van der Waals surface area (Å²) in [5.41, 5.74) is 3.16. The largest absolute Gasteiger partial charge is 0.465 e. The summed E-state index contributed by atoms with van der Waals surface area (Å²) < 4.78 is 10.9. The fraction of sp³-hybridized carbons (Fsp3) is 0.562. The Labute approximate surface area is 222 Å². The van der Waals surface area contributed by atoms with Crippen LogP contribution in [0.2, 0.25) is 0 Å². The van der Waals surface area contributed by atoms with Gasteiger partial charge in [0.1, 0.15) is 0 Å². The number of unbranched alkanes of at least 4 members (excludes halogenated alkanes) is 2. The molecule has 2 atom stereocenters. The molecule has 1 fully saturated rings. The zero-order valence-electron chi connectivity index (χ0n) is 22.8. The number of benzene rings is 2. The van der Waals surface area contributed by atoms with Crippen molar-refractivity contribution in [3.8, 4) is 0 Å². The minimum Gasteiger partial charge on any atom is -0.465 e. The molecule has 0 aliphatic heterocycles. The maximum Gasteiger partial charge on any atom is 0.333 e. The van der Waals surface area contributed by atoms with Crippen molar-refractivity contribution in [1.82, 2.24) is 0 Å². The molecule has 0 radical (unpaired) electrons. The number of rotatable bonds is 13. The van der Waals surface area contributed by atoms with Crippen molar-refractivity contribution in [1.29, 1.82) is 0 Å². The summed E-state index contributed by atoms with van der Waals surface area (Å²) >= 11 is 0. The molecule has 1 aliphatic carbocycles. The number of aliphatic hydroxyl groups is 1. The molecule has 1 aliphatic rings. The van der Waals surface area contributed by atoms with Crippen LogP contribution in [0.25, 0.3) is 10.8 Å². The van der Waals surface area contributed by atoms with Crippen molar-refractivity contribution < 1.29 is 24.2 Å². The van der Waals surface area contributed by atoms with Gasteiger partial charge in [0.05, 0.1) is 25.7 Å². The van der Waals surface area contributed by atoms with Gasteiger partial charge in [0.15, 0.2) is 0 Å². The van der Waals surface area contributed by atoms with Crippen LogP contribution < -0.4 is 0 Å². The van der Waals surface area contributed by atoms with Gasteiger partial charge in [0, 0.05) is 11.5 Å². The third kappa shape index (κ3) is 8.43. The smallest absolute Gasteiger partial charge is 0.333 e. The summed E-state index contributed by atoms with van der Waals surface area (Å²) in [6, 6.07) is 13.8. The number of fused-ring (bicyclic) bond motifs is 1. The predicted octanol–water partition coefficient (Wildman–Crippen LogP) is 6.75. The van der Waals surface area contributed by atoms with E-state index in [1.54, 1.807) is 13.8 Å². The van der Waals surface area contributed by atoms with Gasteiger partial charge < -0.3 is 14.6 Å². The molecular formula is C32H44O5. The number of carbonyl (C=O) groups is 2. The number of hydrogen-bond donors (Lipinski definition) is 1. The molecule has 1 saturated carbocycles. The fourth-order valence-corrected chi connectivity index (χ4v) is 5.26. The molecule has 37 heavy (non-hydrogen) atoms. The van der Waals surface area contributed by atoms with E-state index in [9.17, 15) is 14.7 Å². The minimum atomic E-state index is -0.560. The second-order valence-corrected chi connectivity index (χ2v) is 10.9. The van der Waals surface area contributed by atoms with Gasteiger partial charge in [-0.1, -0.05) is 62.7 Å². The standard InChI is InChI=1S/C32H44O5/c1-5-6-7-8-24-9-10-29-18-28(16-15-27(29)17-24)25-11-13-26(14-12-25)30(20-36-31(34)22(2)3)21-37-32(35)23(4)19-33/h9-10,15-18,23,25-26,30,33H,2,5-8,11-14,19-21H2,1,3-4H3. The van der Waals surface area contributed by atoms with Crippen LogP contribution in [0.3, 0.4) is 0 Å². The maximum absolute atomic E-state index is 12.1. The number of hydrogen-bond acceptors (Lipinski definition) is 5. The van der Waals surface area contributed by atoms with E-state index in [4.69, 9.17) is 9.47 Å². The van der Waals surface area contributed by atoms with Crippen molar-refractivity contribution in [2.45, 2.75) is 78.1 Å². The Bertz CT molecular complexity index is 1050. The highest BCUT2D eigenvalue weighted by Crippen LogP contribution is 2.40. The highest BCUT2D eigenvalue weighted by molar-refractivity contribution is 5.87. The summed E-state index contributed by atoms with van der Waals surface area (Å²) in [6.07, 6.45) is 9.00. The molecule has 5 heteroatoms. The number of esters is 2. The van der Waals surface area contributed by atoms with Crippen LogP contribution in [0.1, 0.15) is 82.8 Å². The summed E-state index contributed by atoms with van der Waals surface area (Å²) in [5, 5.41) is 11.8. The lowest BCUT2D eigenvalue weighted by Gasteiger charge is -2.34. The Hall–Kier alpha value is -2.66. The first kappa shape index (κ1) is 28.9. The van der Waals surface area contributed by atoms with Crippen molar-refractivity contribution in [2.24, 2.45) is 17.8 Å². The van der Waals surface area contributed by atoms with E-state index >= 15 is 0 Å². The van der Waals surface area contributed by atoms with Crippen LogP contribution in [0, 0.1) is 17.8 Å². The normalized spacial score (nSPS) is 19.2. The molecular weight excluding hydrogens is 464 g/mol. The molecule has 0 heterocycles. The molecule has 0 spiro atoms. The lowest BCUT2D eigenvalue weighted by atomic mass is 9.74. The van der Waals surface area contributed by atoms with E-state index in [1.165, 1.54) is 41.2 Å². The van der Waals surface area contributed by atoms with Crippen LogP contribution in [0.15, 0.2) is 48.6 Å². The van der Waals surface area contributed by atoms with E-state index < -0.39 is 17.9 Å². The molecule has 1 N–H and O–H groups in total. The first-order valence-corrected chi connectivity index (χ1v) is 13.9. The van der Waals surface area contributed by atoms with Gasteiger partial charge in [-0.3, -0.25) is 4.79 Å².